The van der Waals surface area contributed by atoms with Crippen molar-refractivity contribution in [3.8, 4) is 5.75 Å². The van der Waals surface area contributed by atoms with Crippen LogP contribution in [-0.4, -0.2) is 38.2 Å². The van der Waals surface area contributed by atoms with Crippen molar-refractivity contribution in [1.29, 1.82) is 0 Å². The first-order valence-corrected chi connectivity index (χ1v) is 8.58. The Bertz CT molecular complexity index is 996. The van der Waals surface area contributed by atoms with E-state index in [4.69, 9.17) is 5.11 Å². The zero-order valence-corrected chi connectivity index (χ0v) is 13.3. The SMILES string of the molecule is O=C(O)C1CSC(c2sc3c4ccc(O)cc4ccc3[n+]2O)=N1. The van der Waals surface area contributed by atoms with E-state index in [1.54, 1.807) is 24.3 Å². The minimum Gasteiger partial charge on any atom is -0.508 e. The normalized spacial score (nSPS) is 17.7. The Kier molecular flexibility index (Phi) is 3.17. The molecule has 0 bridgehead atoms. The molecule has 23 heavy (non-hydrogen) atoms. The van der Waals surface area contributed by atoms with E-state index in [1.165, 1.54) is 23.1 Å². The fraction of sp³-hybridized carbons (Fsp3) is 0.133. The van der Waals surface area contributed by atoms with Crippen molar-refractivity contribution in [1.82, 2.24) is 0 Å². The molecule has 3 aromatic rings. The number of benzene rings is 2. The molecule has 1 aromatic heterocycles. The first-order chi connectivity index (χ1) is 11.0. The van der Waals surface area contributed by atoms with E-state index in [-0.39, 0.29) is 5.75 Å². The van der Waals surface area contributed by atoms with Crippen LogP contribution in [0.3, 0.4) is 0 Å². The quantitative estimate of drug-likeness (QED) is 0.488. The molecule has 0 aliphatic carbocycles. The van der Waals surface area contributed by atoms with Gasteiger partial charge in [-0.05, 0) is 29.7 Å². The number of aliphatic carboxylic acids is 1. The van der Waals surface area contributed by atoms with Gasteiger partial charge in [0, 0.05) is 21.9 Å². The molecule has 1 unspecified atom stereocenters. The van der Waals surface area contributed by atoms with Gasteiger partial charge in [-0.15, -0.1) is 0 Å². The highest BCUT2D eigenvalue weighted by Gasteiger charge is 2.33. The number of fused-ring (bicyclic) bond motifs is 3. The maximum atomic E-state index is 11.0. The molecule has 2 heterocycles. The highest BCUT2D eigenvalue weighted by Crippen LogP contribution is 2.33. The summed E-state index contributed by atoms with van der Waals surface area (Å²) in [5, 5.41) is 31.9. The Hall–Kier alpha value is -2.32. The van der Waals surface area contributed by atoms with Crippen molar-refractivity contribution < 1.29 is 24.9 Å². The number of nitrogens with zero attached hydrogens (tertiary/aromatic N) is 2. The van der Waals surface area contributed by atoms with Crippen LogP contribution in [0, 0.1) is 0 Å². The van der Waals surface area contributed by atoms with E-state index in [0.717, 1.165) is 20.2 Å². The van der Waals surface area contributed by atoms with Crippen molar-refractivity contribution in [2.24, 2.45) is 4.99 Å². The average Bonchev–Trinajstić information content (AvgIpc) is 3.12. The van der Waals surface area contributed by atoms with Gasteiger partial charge in [-0.3, -0.25) is 10.2 Å². The number of hydrogen-bond acceptors (Lipinski definition) is 6. The van der Waals surface area contributed by atoms with E-state index < -0.39 is 12.0 Å². The topological polar surface area (TPSA) is 94.0 Å². The van der Waals surface area contributed by atoms with Gasteiger partial charge in [0.05, 0.1) is 0 Å². The lowest BCUT2D eigenvalue weighted by molar-refractivity contribution is -0.882. The highest BCUT2D eigenvalue weighted by atomic mass is 32.2. The number of thiazole rings is 1. The van der Waals surface area contributed by atoms with Crippen LogP contribution in [0.5, 0.6) is 5.75 Å². The number of aromatic nitrogens is 1. The van der Waals surface area contributed by atoms with Gasteiger partial charge in [0.15, 0.2) is 11.1 Å². The second-order valence-electron chi connectivity index (χ2n) is 5.14. The minimum atomic E-state index is -0.959. The van der Waals surface area contributed by atoms with E-state index >= 15 is 0 Å². The third-order valence-corrected chi connectivity index (χ3v) is 6.05. The van der Waals surface area contributed by atoms with Crippen LogP contribution in [-0.2, 0) is 4.79 Å². The molecule has 3 N–H and O–H groups in total. The van der Waals surface area contributed by atoms with Gasteiger partial charge >= 0.3 is 11.0 Å². The third kappa shape index (κ3) is 2.22. The Balaban J connectivity index is 1.92. The molecule has 0 fully saturated rings. The van der Waals surface area contributed by atoms with Gasteiger partial charge in [-0.1, -0.05) is 23.1 Å². The van der Waals surface area contributed by atoms with Crippen LogP contribution in [0.2, 0.25) is 0 Å². The molecule has 1 atom stereocenters. The second kappa shape index (κ2) is 5.10. The molecule has 0 saturated heterocycles. The minimum absolute atomic E-state index is 0.186. The third-order valence-electron chi connectivity index (χ3n) is 3.67. The summed E-state index contributed by atoms with van der Waals surface area (Å²) in [6.45, 7) is 0. The Morgan fingerprint density at radius 2 is 2.13 bits per heavy atom. The smallest absolute Gasteiger partial charge is 0.345 e. The number of carboxylic acids is 1. The summed E-state index contributed by atoms with van der Waals surface area (Å²) in [6, 6.07) is 7.89. The second-order valence-corrected chi connectivity index (χ2v) is 7.15. The van der Waals surface area contributed by atoms with Crippen molar-refractivity contribution in [3.05, 3.63) is 35.3 Å². The molecule has 8 heteroatoms. The van der Waals surface area contributed by atoms with Crippen LogP contribution in [0.15, 0.2) is 35.3 Å². The lowest BCUT2D eigenvalue weighted by Gasteiger charge is -1.97. The van der Waals surface area contributed by atoms with Gasteiger partial charge in [-0.25, -0.2) is 4.79 Å². The number of rotatable bonds is 2. The monoisotopic (exact) mass is 347 g/mol. The summed E-state index contributed by atoms with van der Waals surface area (Å²) in [5.74, 6) is -0.405. The van der Waals surface area contributed by atoms with Gasteiger partial charge in [-0.2, -0.15) is 0 Å². The Labute approximate surface area is 138 Å². The van der Waals surface area contributed by atoms with Gasteiger partial charge in [0.25, 0.3) is 5.52 Å². The van der Waals surface area contributed by atoms with Gasteiger partial charge in [0.2, 0.25) is 0 Å². The zero-order valence-electron chi connectivity index (χ0n) is 11.6. The standard InChI is InChI=1S/C15H10N2O4S2/c18-8-2-3-9-7(5-8)1-4-11-12(9)23-14(17(11)21)13-16-10(6-22-13)15(19)20/h1-5,10H,6H2,(H2-,16,18,19,20,21)/p+1. The first-order valence-electron chi connectivity index (χ1n) is 6.78. The van der Waals surface area contributed by atoms with Crippen LogP contribution >= 0.6 is 23.1 Å². The molecule has 0 spiro atoms. The van der Waals surface area contributed by atoms with E-state index in [0.29, 0.717) is 21.3 Å². The predicted molar refractivity (Wildman–Crippen MR) is 88.8 cm³/mol. The van der Waals surface area contributed by atoms with E-state index in [9.17, 15) is 15.1 Å². The molecular formula is C15H11N2O4S2+. The maximum Gasteiger partial charge on any atom is 0.345 e. The van der Waals surface area contributed by atoms with E-state index in [1.807, 2.05) is 6.07 Å². The number of phenols is 1. The van der Waals surface area contributed by atoms with Crippen LogP contribution < -0.4 is 4.73 Å². The largest absolute Gasteiger partial charge is 0.508 e. The van der Waals surface area contributed by atoms with Gasteiger partial charge < -0.3 is 10.2 Å². The van der Waals surface area contributed by atoms with Crippen LogP contribution in [0.1, 0.15) is 5.01 Å². The molecule has 1 aliphatic heterocycles. The molecule has 1 aliphatic rings. The average molecular weight is 347 g/mol. The number of hydrogen-bond donors (Lipinski definition) is 3. The Morgan fingerprint density at radius 1 is 1.30 bits per heavy atom. The summed E-state index contributed by atoms with van der Waals surface area (Å²) in [5.41, 5.74) is 0.630. The van der Waals surface area contributed by atoms with Crippen LogP contribution in [0.4, 0.5) is 0 Å². The molecule has 0 amide bonds. The lowest BCUT2D eigenvalue weighted by atomic mass is 10.1. The number of carbonyl (C=O) groups is 1. The predicted octanol–water partition coefficient (Wildman–Crippen LogP) is 2.23. The zero-order chi connectivity index (χ0) is 16.1. The highest BCUT2D eigenvalue weighted by molar-refractivity contribution is 8.15. The van der Waals surface area contributed by atoms with Crippen LogP contribution in [0.25, 0.3) is 21.0 Å². The fourth-order valence-electron chi connectivity index (χ4n) is 2.55. The Morgan fingerprint density at radius 3 is 2.87 bits per heavy atom. The van der Waals surface area contributed by atoms with Crippen molar-refractivity contribution >= 4 is 55.1 Å². The fourth-order valence-corrected chi connectivity index (χ4v) is 4.87. The molecular weight excluding hydrogens is 336 g/mol. The summed E-state index contributed by atoms with van der Waals surface area (Å²) in [7, 11) is 0. The number of aliphatic imine (C=N–C) groups is 1. The lowest BCUT2D eigenvalue weighted by Crippen LogP contribution is -2.34. The number of aromatic hydroxyl groups is 1. The molecule has 116 valence electrons. The maximum absolute atomic E-state index is 11.0. The summed E-state index contributed by atoms with van der Waals surface area (Å²) in [6.07, 6.45) is 0. The van der Waals surface area contributed by atoms with Crippen molar-refractivity contribution in [2.75, 3.05) is 5.75 Å². The molecule has 0 radical (unpaired) electrons. The van der Waals surface area contributed by atoms with Gasteiger partial charge in [0.1, 0.15) is 10.4 Å². The van der Waals surface area contributed by atoms with Crippen molar-refractivity contribution in [3.63, 3.8) is 0 Å². The number of carboxylic acid groups (broad SMARTS) is 1. The molecule has 6 nitrogen and oxygen atoms in total. The molecule has 0 saturated carbocycles. The van der Waals surface area contributed by atoms with E-state index in [2.05, 4.69) is 4.99 Å². The number of thioether (sulfide) groups is 1. The summed E-state index contributed by atoms with van der Waals surface area (Å²) < 4.78 is 1.92. The van der Waals surface area contributed by atoms with Crippen molar-refractivity contribution in [2.45, 2.75) is 6.04 Å². The molecule has 2 aromatic carbocycles. The summed E-state index contributed by atoms with van der Waals surface area (Å²) >= 11 is 2.68. The molecule has 4 rings (SSSR count). The first kappa shape index (κ1) is 14.3. The number of phenolic OH excluding ortho intramolecular Hbond substituents is 1. The summed E-state index contributed by atoms with van der Waals surface area (Å²) in [4.78, 5) is 15.2.